The molecule has 0 spiro atoms. The van der Waals surface area contributed by atoms with Gasteiger partial charge in [0.1, 0.15) is 5.75 Å². The van der Waals surface area contributed by atoms with Crippen molar-refractivity contribution in [1.82, 2.24) is 9.88 Å². The Kier molecular flexibility index (Phi) is 4.29. The topological polar surface area (TPSA) is 48.6 Å². The summed E-state index contributed by atoms with van der Waals surface area (Å²) in [5, 5.41) is 0.942. The molecule has 1 fully saturated rings. The monoisotopic (exact) mass is 349 g/mol. The fourth-order valence-corrected chi connectivity index (χ4v) is 3.57. The van der Waals surface area contributed by atoms with Gasteiger partial charge < -0.3 is 19.5 Å². The number of carbonyl (C=O) groups is 1. The Morgan fingerprint density at radius 3 is 2.62 bits per heavy atom. The lowest BCUT2D eigenvalue weighted by Crippen LogP contribution is -2.48. The highest BCUT2D eigenvalue weighted by atomic mass is 16.5. The van der Waals surface area contributed by atoms with Gasteiger partial charge >= 0.3 is 0 Å². The van der Waals surface area contributed by atoms with Crippen molar-refractivity contribution in [1.29, 1.82) is 0 Å². The van der Waals surface area contributed by atoms with Crippen molar-refractivity contribution in [3.63, 3.8) is 0 Å². The summed E-state index contributed by atoms with van der Waals surface area (Å²) in [4.78, 5) is 20.5. The van der Waals surface area contributed by atoms with E-state index in [1.807, 2.05) is 23.1 Å². The Labute approximate surface area is 153 Å². The van der Waals surface area contributed by atoms with Gasteiger partial charge in [0.15, 0.2) is 0 Å². The van der Waals surface area contributed by atoms with E-state index in [-0.39, 0.29) is 5.91 Å². The van der Waals surface area contributed by atoms with Crippen molar-refractivity contribution in [2.75, 3.05) is 38.2 Å². The van der Waals surface area contributed by atoms with Gasteiger partial charge in [-0.25, -0.2) is 0 Å². The van der Waals surface area contributed by atoms with E-state index in [0.29, 0.717) is 0 Å². The number of carbonyl (C=O) groups excluding carboxylic acids is 1. The molecular weight excluding hydrogens is 326 g/mol. The molecular formula is C21H23N3O2. The van der Waals surface area contributed by atoms with E-state index in [4.69, 9.17) is 4.74 Å². The first-order valence-corrected chi connectivity index (χ1v) is 8.92. The van der Waals surface area contributed by atoms with Crippen molar-refractivity contribution in [2.24, 2.45) is 0 Å². The van der Waals surface area contributed by atoms with Crippen LogP contribution in [0.5, 0.6) is 5.75 Å². The van der Waals surface area contributed by atoms with Crippen LogP contribution in [0.4, 0.5) is 5.69 Å². The number of nitrogens with zero attached hydrogens (tertiary/aromatic N) is 2. The number of fused-ring (bicyclic) bond motifs is 1. The van der Waals surface area contributed by atoms with Crippen molar-refractivity contribution < 1.29 is 9.53 Å². The van der Waals surface area contributed by atoms with Gasteiger partial charge in [0, 0.05) is 55.0 Å². The van der Waals surface area contributed by atoms with E-state index in [1.165, 1.54) is 11.3 Å². The number of aromatic nitrogens is 1. The van der Waals surface area contributed by atoms with Gasteiger partial charge in [-0.2, -0.15) is 0 Å². The zero-order valence-electron chi connectivity index (χ0n) is 15.2. The van der Waals surface area contributed by atoms with Crippen LogP contribution in [-0.2, 0) is 0 Å². The highest BCUT2D eigenvalue weighted by Gasteiger charge is 2.24. The summed E-state index contributed by atoms with van der Waals surface area (Å²) in [5.74, 6) is 0.871. The quantitative estimate of drug-likeness (QED) is 0.788. The lowest BCUT2D eigenvalue weighted by Gasteiger charge is -2.36. The molecule has 1 aliphatic heterocycles. The van der Waals surface area contributed by atoms with Crippen molar-refractivity contribution in [3.8, 4) is 5.75 Å². The van der Waals surface area contributed by atoms with Crippen LogP contribution in [-0.4, -0.2) is 49.1 Å². The Morgan fingerprint density at radius 1 is 1.08 bits per heavy atom. The minimum atomic E-state index is 0.0882. The maximum Gasteiger partial charge on any atom is 0.256 e. The molecule has 1 saturated heterocycles. The SMILES string of the molecule is COc1ccc2c(C(=O)N3CCN(c4cccc(C)c4)CC3)c[nH]c2c1. The number of rotatable bonds is 3. The number of aryl methyl sites for hydroxylation is 1. The molecule has 5 heteroatoms. The number of benzene rings is 2. The molecule has 1 N–H and O–H groups in total. The third kappa shape index (κ3) is 3.01. The number of methoxy groups -OCH3 is 1. The standard InChI is InChI=1S/C21H23N3O2/c1-15-4-3-5-16(12-15)23-8-10-24(11-9-23)21(25)19-14-22-20-13-17(26-2)6-7-18(19)20/h3-7,12-14,22H,8-11H2,1-2H3. The Bertz CT molecular complexity index is 939. The molecule has 2 aromatic carbocycles. The molecule has 1 aromatic heterocycles. The minimum Gasteiger partial charge on any atom is -0.497 e. The largest absolute Gasteiger partial charge is 0.497 e. The van der Waals surface area contributed by atoms with Gasteiger partial charge in [0.2, 0.25) is 0 Å². The van der Waals surface area contributed by atoms with Crippen LogP contribution < -0.4 is 9.64 Å². The molecule has 134 valence electrons. The van der Waals surface area contributed by atoms with E-state index in [0.717, 1.165) is 48.4 Å². The fraction of sp³-hybridized carbons (Fsp3) is 0.286. The van der Waals surface area contributed by atoms with E-state index >= 15 is 0 Å². The molecule has 1 aliphatic rings. The average molecular weight is 349 g/mol. The molecule has 0 atom stereocenters. The zero-order valence-corrected chi connectivity index (χ0v) is 15.2. The van der Waals surface area contributed by atoms with Gasteiger partial charge in [-0.15, -0.1) is 0 Å². The van der Waals surface area contributed by atoms with Crippen LogP contribution in [0.3, 0.4) is 0 Å². The minimum absolute atomic E-state index is 0.0882. The summed E-state index contributed by atoms with van der Waals surface area (Å²) < 4.78 is 5.25. The first kappa shape index (κ1) is 16.5. The summed E-state index contributed by atoms with van der Waals surface area (Å²) in [6.07, 6.45) is 1.80. The third-order valence-corrected chi connectivity index (χ3v) is 5.05. The number of H-pyrrole nitrogens is 1. The average Bonchev–Trinajstić information content (AvgIpc) is 3.10. The number of aromatic amines is 1. The first-order chi connectivity index (χ1) is 12.7. The molecule has 0 aliphatic carbocycles. The van der Waals surface area contributed by atoms with Crippen LogP contribution >= 0.6 is 0 Å². The Balaban J connectivity index is 1.48. The van der Waals surface area contributed by atoms with E-state index in [1.54, 1.807) is 13.3 Å². The molecule has 4 rings (SSSR count). The number of hydrogen-bond donors (Lipinski definition) is 1. The molecule has 1 amide bonds. The van der Waals surface area contributed by atoms with Crippen LogP contribution in [0.25, 0.3) is 10.9 Å². The van der Waals surface area contributed by atoms with Crippen LogP contribution in [0.15, 0.2) is 48.7 Å². The molecule has 3 aromatic rings. The van der Waals surface area contributed by atoms with E-state index < -0.39 is 0 Å². The van der Waals surface area contributed by atoms with E-state index in [2.05, 4.69) is 41.1 Å². The summed E-state index contributed by atoms with van der Waals surface area (Å²) >= 11 is 0. The highest BCUT2D eigenvalue weighted by Crippen LogP contribution is 2.25. The highest BCUT2D eigenvalue weighted by molar-refractivity contribution is 6.07. The van der Waals surface area contributed by atoms with Gasteiger partial charge in [-0.05, 0) is 36.8 Å². The normalized spacial score (nSPS) is 14.7. The summed E-state index contributed by atoms with van der Waals surface area (Å²) in [6, 6.07) is 14.3. The molecule has 5 nitrogen and oxygen atoms in total. The van der Waals surface area contributed by atoms with Crippen LogP contribution in [0.1, 0.15) is 15.9 Å². The van der Waals surface area contributed by atoms with Crippen molar-refractivity contribution in [2.45, 2.75) is 6.92 Å². The zero-order chi connectivity index (χ0) is 18.1. The molecule has 0 saturated carbocycles. The number of piperazine rings is 1. The second-order valence-corrected chi connectivity index (χ2v) is 6.73. The lowest BCUT2D eigenvalue weighted by molar-refractivity contribution is 0.0749. The summed E-state index contributed by atoms with van der Waals surface area (Å²) in [7, 11) is 1.64. The van der Waals surface area contributed by atoms with Crippen molar-refractivity contribution >= 4 is 22.5 Å². The Hall–Kier alpha value is -2.95. The smallest absolute Gasteiger partial charge is 0.256 e. The van der Waals surface area contributed by atoms with Gasteiger partial charge in [0.05, 0.1) is 12.7 Å². The van der Waals surface area contributed by atoms with Crippen LogP contribution in [0.2, 0.25) is 0 Å². The Morgan fingerprint density at radius 2 is 1.88 bits per heavy atom. The fourth-order valence-electron chi connectivity index (χ4n) is 3.57. The second kappa shape index (κ2) is 6.75. The maximum absolute atomic E-state index is 13.0. The van der Waals surface area contributed by atoms with Gasteiger partial charge in [-0.3, -0.25) is 4.79 Å². The molecule has 0 radical (unpaired) electrons. The molecule has 26 heavy (non-hydrogen) atoms. The summed E-state index contributed by atoms with van der Waals surface area (Å²) in [6.45, 7) is 5.28. The van der Waals surface area contributed by atoms with Crippen molar-refractivity contribution in [3.05, 3.63) is 59.8 Å². The van der Waals surface area contributed by atoms with Crippen LogP contribution in [0, 0.1) is 6.92 Å². The number of hydrogen-bond acceptors (Lipinski definition) is 3. The number of amides is 1. The molecule has 2 heterocycles. The number of ether oxygens (including phenoxy) is 1. The lowest BCUT2D eigenvalue weighted by atomic mass is 10.1. The number of nitrogens with one attached hydrogen (secondary N) is 1. The number of anilines is 1. The predicted octanol–water partition coefficient (Wildman–Crippen LogP) is 3.45. The molecule has 0 bridgehead atoms. The van der Waals surface area contributed by atoms with E-state index in [9.17, 15) is 4.79 Å². The third-order valence-electron chi connectivity index (χ3n) is 5.05. The second-order valence-electron chi connectivity index (χ2n) is 6.73. The van der Waals surface area contributed by atoms with Gasteiger partial charge in [-0.1, -0.05) is 12.1 Å². The maximum atomic E-state index is 13.0. The predicted molar refractivity (Wildman–Crippen MR) is 104 cm³/mol. The van der Waals surface area contributed by atoms with Gasteiger partial charge in [0.25, 0.3) is 5.91 Å². The summed E-state index contributed by atoms with van der Waals surface area (Å²) in [5.41, 5.74) is 4.14. The molecule has 0 unspecified atom stereocenters. The first-order valence-electron chi connectivity index (χ1n) is 8.92.